The molecule has 0 aromatic heterocycles. The minimum absolute atomic E-state index is 0.341. The summed E-state index contributed by atoms with van der Waals surface area (Å²) < 4.78 is 20.0. The summed E-state index contributed by atoms with van der Waals surface area (Å²) in [5.41, 5.74) is 4.66. The van der Waals surface area contributed by atoms with E-state index in [2.05, 4.69) is 17.5 Å². The molecule has 0 saturated carbocycles. The summed E-state index contributed by atoms with van der Waals surface area (Å²) in [6.45, 7) is 0. The molecule has 0 aliphatic heterocycles. The first-order valence-electron chi connectivity index (χ1n) is 7.49. The number of nitriles is 1. The van der Waals surface area contributed by atoms with Crippen LogP contribution in [0, 0.1) is 17.1 Å². The molecule has 0 aliphatic carbocycles. The van der Waals surface area contributed by atoms with Crippen LogP contribution in [-0.4, -0.2) is 21.8 Å². The van der Waals surface area contributed by atoms with Gasteiger partial charge in [-0.15, -0.1) is 0 Å². The van der Waals surface area contributed by atoms with Gasteiger partial charge in [0.25, 0.3) is 0 Å². The number of benzene rings is 2. The van der Waals surface area contributed by atoms with Gasteiger partial charge in [-0.3, -0.25) is 0 Å². The number of hydrogen-bond donors (Lipinski definition) is 0. The fourth-order valence-electron chi connectivity index (χ4n) is 2.79. The summed E-state index contributed by atoms with van der Waals surface area (Å²) in [6, 6.07) is 16.4. The molecular formula is C19H21AsFNO. The van der Waals surface area contributed by atoms with E-state index in [9.17, 15) is 9.65 Å². The first kappa shape index (κ1) is 17.6. The average Bonchev–Trinajstić information content (AvgIpc) is 2.57. The van der Waals surface area contributed by atoms with Crippen molar-refractivity contribution in [1.82, 2.24) is 0 Å². The Balaban J connectivity index is 2.69. The molecule has 0 N–H and O–H groups in total. The fourth-order valence-corrected chi connectivity index (χ4v) is 4.43. The summed E-state index contributed by atoms with van der Waals surface area (Å²) in [5, 5.41) is 11.0. The van der Waals surface area contributed by atoms with Gasteiger partial charge in [-0.05, 0) is 0 Å². The summed E-state index contributed by atoms with van der Waals surface area (Å²) >= 11 is -0.951. The number of halogens is 1. The van der Waals surface area contributed by atoms with Crippen LogP contribution in [0.2, 0.25) is 16.6 Å². The molecule has 0 fully saturated rings. The molecule has 0 heterocycles. The fraction of sp³-hybridized carbons (Fsp3) is 0.316. The van der Waals surface area contributed by atoms with Crippen LogP contribution < -0.4 is 4.74 Å². The molecule has 0 amide bonds. The van der Waals surface area contributed by atoms with Gasteiger partial charge in [-0.1, -0.05) is 0 Å². The van der Waals surface area contributed by atoms with Gasteiger partial charge in [-0.2, -0.15) is 0 Å². The van der Waals surface area contributed by atoms with E-state index in [4.69, 9.17) is 4.74 Å². The third-order valence-corrected chi connectivity index (χ3v) is 6.37. The first-order valence-corrected chi connectivity index (χ1v) is 12.6. The molecule has 2 rings (SSSR count). The zero-order valence-electron chi connectivity index (χ0n) is 13.7. The van der Waals surface area contributed by atoms with E-state index in [1.807, 2.05) is 24.3 Å². The van der Waals surface area contributed by atoms with Crippen LogP contribution in [0.15, 0.2) is 48.5 Å². The summed E-state index contributed by atoms with van der Waals surface area (Å²) in [5.74, 6) is 0.287. The van der Waals surface area contributed by atoms with Crippen LogP contribution in [0.25, 0.3) is 0 Å². The standard InChI is InChI=1S/C19H21AsFNO/c1-20(2)13-12-19(14-22,15-8-4-6-10-17(15)21)16-9-5-7-11-18(16)23-3/h4-11H,12-13H2,1-3H3. The molecule has 4 heteroatoms. The van der Waals surface area contributed by atoms with Crippen molar-refractivity contribution in [1.29, 1.82) is 5.26 Å². The number of hydrogen-bond acceptors (Lipinski definition) is 2. The molecule has 1 unspecified atom stereocenters. The Kier molecular flexibility index (Phi) is 5.85. The number of para-hydroxylation sites is 1. The van der Waals surface area contributed by atoms with E-state index in [0.717, 1.165) is 10.8 Å². The second-order valence-electron chi connectivity index (χ2n) is 5.75. The Morgan fingerprint density at radius 3 is 2.26 bits per heavy atom. The maximum atomic E-state index is 14.5. The third-order valence-electron chi connectivity index (χ3n) is 4.03. The SMILES string of the molecule is COc1ccccc1C(C#N)(CC[As](C)C)c1ccccc1F. The van der Waals surface area contributed by atoms with Gasteiger partial charge in [0.2, 0.25) is 0 Å². The van der Waals surface area contributed by atoms with Gasteiger partial charge in [-0.25, -0.2) is 0 Å². The van der Waals surface area contributed by atoms with Crippen molar-refractivity contribution in [2.75, 3.05) is 7.11 Å². The Labute approximate surface area is 142 Å². The van der Waals surface area contributed by atoms with Crippen molar-refractivity contribution in [3.63, 3.8) is 0 Å². The molecule has 2 nitrogen and oxygen atoms in total. The molecule has 0 spiro atoms. The second-order valence-corrected chi connectivity index (χ2v) is 11.2. The van der Waals surface area contributed by atoms with E-state index in [-0.39, 0.29) is 5.82 Å². The Morgan fingerprint density at radius 2 is 1.70 bits per heavy atom. The van der Waals surface area contributed by atoms with Crippen molar-refractivity contribution in [2.45, 2.75) is 28.5 Å². The number of rotatable bonds is 6. The normalized spacial score (nSPS) is 13.4. The molecule has 2 aromatic carbocycles. The van der Waals surface area contributed by atoms with Crippen molar-refractivity contribution in [3.05, 3.63) is 65.5 Å². The van der Waals surface area contributed by atoms with Gasteiger partial charge >= 0.3 is 142 Å². The topological polar surface area (TPSA) is 33.0 Å². The van der Waals surface area contributed by atoms with Crippen LogP contribution in [0.4, 0.5) is 4.39 Å². The van der Waals surface area contributed by atoms with Crippen LogP contribution in [0.5, 0.6) is 5.75 Å². The molecule has 0 aliphatic rings. The van der Waals surface area contributed by atoms with Crippen molar-refractivity contribution in [3.8, 4) is 11.8 Å². The predicted octanol–water partition coefficient (Wildman–Crippen LogP) is 4.79. The van der Waals surface area contributed by atoms with E-state index in [1.165, 1.54) is 6.07 Å². The number of methoxy groups -OCH3 is 1. The summed E-state index contributed by atoms with van der Waals surface area (Å²) in [7, 11) is 1.58. The summed E-state index contributed by atoms with van der Waals surface area (Å²) in [6.07, 6.45) is 0.609. The van der Waals surface area contributed by atoms with E-state index >= 15 is 0 Å². The Hall–Kier alpha value is -1.78. The van der Waals surface area contributed by atoms with Gasteiger partial charge in [0, 0.05) is 0 Å². The molecule has 0 radical (unpaired) electrons. The van der Waals surface area contributed by atoms with Crippen LogP contribution in [0.1, 0.15) is 17.5 Å². The van der Waals surface area contributed by atoms with E-state index in [1.54, 1.807) is 25.3 Å². The zero-order chi connectivity index (χ0) is 16.9. The molecule has 23 heavy (non-hydrogen) atoms. The van der Waals surface area contributed by atoms with Crippen LogP contribution in [-0.2, 0) is 5.41 Å². The number of nitrogens with zero attached hydrogens (tertiary/aromatic N) is 1. The van der Waals surface area contributed by atoms with Gasteiger partial charge in [0.05, 0.1) is 0 Å². The van der Waals surface area contributed by atoms with Crippen molar-refractivity contribution in [2.24, 2.45) is 0 Å². The average molecular weight is 373 g/mol. The minimum atomic E-state index is -1.02. The third kappa shape index (κ3) is 3.59. The molecule has 2 aromatic rings. The zero-order valence-corrected chi connectivity index (χ0v) is 15.6. The molecule has 0 saturated heterocycles. The number of ether oxygens (including phenoxy) is 1. The predicted molar refractivity (Wildman–Crippen MR) is 92.7 cm³/mol. The van der Waals surface area contributed by atoms with Gasteiger partial charge < -0.3 is 0 Å². The Morgan fingerprint density at radius 1 is 1.09 bits per heavy atom. The van der Waals surface area contributed by atoms with Gasteiger partial charge in [0.15, 0.2) is 0 Å². The molecule has 120 valence electrons. The first-order chi connectivity index (χ1) is 11.0. The second kappa shape index (κ2) is 7.66. The van der Waals surface area contributed by atoms with E-state index < -0.39 is 20.1 Å². The van der Waals surface area contributed by atoms with Crippen molar-refractivity contribution < 1.29 is 9.13 Å². The monoisotopic (exact) mass is 373 g/mol. The van der Waals surface area contributed by atoms with Crippen molar-refractivity contribution >= 4 is 14.7 Å². The van der Waals surface area contributed by atoms with Crippen LogP contribution >= 0.6 is 0 Å². The summed E-state index contributed by atoms with van der Waals surface area (Å²) in [4.78, 5) is 0. The van der Waals surface area contributed by atoms with Gasteiger partial charge in [0.1, 0.15) is 0 Å². The molecule has 1 atom stereocenters. The Bertz CT molecular complexity index is 711. The quantitative estimate of drug-likeness (QED) is 0.683. The van der Waals surface area contributed by atoms with E-state index in [0.29, 0.717) is 17.7 Å². The molecule has 0 bridgehead atoms. The maximum absolute atomic E-state index is 14.5. The molecular weight excluding hydrogens is 352 g/mol. The van der Waals surface area contributed by atoms with Crippen LogP contribution in [0.3, 0.4) is 0 Å².